The van der Waals surface area contributed by atoms with Gasteiger partial charge >= 0.3 is 6.03 Å². The molecule has 0 radical (unpaired) electrons. The van der Waals surface area contributed by atoms with Crippen LogP contribution in [-0.4, -0.2) is 42.8 Å². The van der Waals surface area contributed by atoms with Gasteiger partial charge in [-0.25, -0.2) is 4.79 Å². The summed E-state index contributed by atoms with van der Waals surface area (Å²) in [5, 5.41) is 2.91. The smallest absolute Gasteiger partial charge is 0.317 e. The maximum Gasteiger partial charge on any atom is 0.317 e. The van der Waals surface area contributed by atoms with Crippen LogP contribution < -0.4 is 5.32 Å². The van der Waals surface area contributed by atoms with E-state index in [1.165, 1.54) is 0 Å². The molecular formula is C11H22N2O2. The topological polar surface area (TPSA) is 41.6 Å². The fourth-order valence-corrected chi connectivity index (χ4v) is 1.80. The highest BCUT2D eigenvalue weighted by Crippen LogP contribution is 2.13. The number of nitrogens with one attached hydrogen (secondary N) is 1. The maximum absolute atomic E-state index is 11.6. The van der Waals surface area contributed by atoms with Crippen LogP contribution in [0.2, 0.25) is 0 Å². The Morgan fingerprint density at radius 3 is 2.53 bits per heavy atom. The first-order valence-electron chi connectivity index (χ1n) is 5.80. The van der Waals surface area contributed by atoms with E-state index in [2.05, 4.69) is 5.32 Å². The van der Waals surface area contributed by atoms with Crippen molar-refractivity contribution in [2.45, 2.75) is 45.8 Å². The molecule has 1 aliphatic heterocycles. The highest BCUT2D eigenvalue weighted by molar-refractivity contribution is 5.74. The van der Waals surface area contributed by atoms with Crippen molar-refractivity contribution in [3.63, 3.8) is 0 Å². The van der Waals surface area contributed by atoms with Gasteiger partial charge in [-0.1, -0.05) is 0 Å². The Bertz CT molecular complexity index is 199. The summed E-state index contributed by atoms with van der Waals surface area (Å²) in [4.78, 5) is 13.5. The number of nitrogens with zero attached hydrogens (tertiary/aromatic N) is 1. The summed E-state index contributed by atoms with van der Waals surface area (Å²) in [5.74, 6) is 0. The summed E-state index contributed by atoms with van der Waals surface area (Å²) in [6, 6.07) is 0.266. The molecular weight excluding hydrogens is 192 g/mol. The van der Waals surface area contributed by atoms with Gasteiger partial charge in [-0.15, -0.1) is 0 Å². The summed E-state index contributed by atoms with van der Waals surface area (Å²) in [7, 11) is 0. The molecule has 1 N–H and O–H groups in total. The van der Waals surface area contributed by atoms with Crippen molar-refractivity contribution in [2.75, 3.05) is 19.7 Å². The number of urea groups is 1. The first-order chi connectivity index (χ1) is 7.13. The molecule has 0 spiro atoms. The van der Waals surface area contributed by atoms with Gasteiger partial charge in [0.15, 0.2) is 0 Å². The zero-order valence-corrected chi connectivity index (χ0v) is 9.95. The van der Waals surface area contributed by atoms with Gasteiger partial charge in [0.2, 0.25) is 0 Å². The summed E-state index contributed by atoms with van der Waals surface area (Å²) in [6.45, 7) is 8.35. The summed E-state index contributed by atoms with van der Waals surface area (Å²) < 4.78 is 5.53. The summed E-state index contributed by atoms with van der Waals surface area (Å²) >= 11 is 0. The predicted molar refractivity (Wildman–Crippen MR) is 59.9 cm³/mol. The number of hydrogen-bond donors (Lipinski definition) is 1. The molecule has 1 rings (SSSR count). The number of ether oxygens (including phenoxy) is 1. The third kappa shape index (κ3) is 4.08. The van der Waals surface area contributed by atoms with Crippen LogP contribution in [0.1, 0.15) is 33.6 Å². The van der Waals surface area contributed by atoms with Gasteiger partial charge in [-0.2, -0.15) is 0 Å². The van der Waals surface area contributed by atoms with Crippen molar-refractivity contribution in [3.05, 3.63) is 0 Å². The molecule has 4 nitrogen and oxygen atoms in total. The molecule has 0 aromatic rings. The molecule has 4 heteroatoms. The Morgan fingerprint density at radius 1 is 1.47 bits per heavy atom. The van der Waals surface area contributed by atoms with Crippen LogP contribution >= 0.6 is 0 Å². The molecule has 15 heavy (non-hydrogen) atoms. The van der Waals surface area contributed by atoms with Gasteiger partial charge in [0.1, 0.15) is 0 Å². The van der Waals surface area contributed by atoms with E-state index in [0.717, 1.165) is 32.5 Å². The van der Waals surface area contributed by atoms with E-state index in [1.807, 2.05) is 25.7 Å². The third-order valence-corrected chi connectivity index (χ3v) is 2.54. The number of likely N-dealkylation sites (tertiary alicyclic amines) is 1. The second kappa shape index (κ2) is 5.95. The number of hydrogen-bond acceptors (Lipinski definition) is 2. The molecule has 0 bridgehead atoms. The molecule has 0 atom stereocenters. The Hall–Kier alpha value is -0.770. The van der Waals surface area contributed by atoms with Crippen molar-refractivity contribution in [1.29, 1.82) is 0 Å². The Labute approximate surface area is 92.0 Å². The lowest BCUT2D eigenvalue weighted by Gasteiger charge is -2.32. The molecule has 1 heterocycles. The van der Waals surface area contributed by atoms with E-state index in [-0.39, 0.29) is 12.1 Å². The highest BCUT2D eigenvalue weighted by Gasteiger charge is 2.22. The highest BCUT2D eigenvalue weighted by atomic mass is 16.5. The SMILES string of the molecule is CCOC1CCN(C(=O)NC(C)C)CC1. The Morgan fingerprint density at radius 2 is 2.07 bits per heavy atom. The molecule has 2 amide bonds. The monoisotopic (exact) mass is 214 g/mol. The quantitative estimate of drug-likeness (QED) is 0.775. The van der Waals surface area contributed by atoms with Crippen LogP contribution in [0, 0.1) is 0 Å². The van der Waals surface area contributed by atoms with E-state index in [9.17, 15) is 4.79 Å². The van der Waals surface area contributed by atoms with Crippen LogP contribution in [0.5, 0.6) is 0 Å². The normalized spacial score (nSPS) is 18.3. The van der Waals surface area contributed by atoms with Crippen LogP contribution in [0.3, 0.4) is 0 Å². The number of rotatable bonds is 3. The van der Waals surface area contributed by atoms with Crippen LogP contribution in [0.25, 0.3) is 0 Å². The van der Waals surface area contributed by atoms with Gasteiger partial charge in [0.05, 0.1) is 6.10 Å². The van der Waals surface area contributed by atoms with Gasteiger partial charge in [0, 0.05) is 25.7 Å². The minimum atomic E-state index is 0.0555. The maximum atomic E-state index is 11.6. The molecule has 0 saturated carbocycles. The van der Waals surface area contributed by atoms with Gasteiger partial charge in [-0.05, 0) is 33.6 Å². The van der Waals surface area contributed by atoms with Crippen LogP contribution in [0.4, 0.5) is 4.79 Å². The second-order valence-electron chi connectivity index (χ2n) is 4.25. The summed E-state index contributed by atoms with van der Waals surface area (Å²) in [5.41, 5.74) is 0. The zero-order valence-electron chi connectivity index (χ0n) is 9.95. The lowest BCUT2D eigenvalue weighted by molar-refractivity contribution is 0.0219. The van der Waals surface area contributed by atoms with Crippen molar-refractivity contribution in [3.8, 4) is 0 Å². The Kier molecular flexibility index (Phi) is 4.88. The van der Waals surface area contributed by atoms with Gasteiger partial charge < -0.3 is 15.0 Å². The van der Waals surface area contributed by atoms with Gasteiger partial charge in [0.25, 0.3) is 0 Å². The fraction of sp³-hybridized carbons (Fsp3) is 0.909. The van der Waals surface area contributed by atoms with E-state index in [0.29, 0.717) is 6.10 Å². The number of carbonyl (C=O) groups is 1. The standard InChI is InChI=1S/C11H22N2O2/c1-4-15-10-5-7-13(8-6-10)11(14)12-9(2)3/h9-10H,4-8H2,1-3H3,(H,12,14). The van der Waals surface area contributed by atoms with Crippen LogP contribution in [0.15, 0.2) is 0 Å². The molecule has 0 unspecified atom stereocenters. The van der Waals surface area contributed by atoms with Crippen molar-refractivity contribution >= 4 is 6.03 Å². The average Bonchev–Trinajstić information content (AvgIpc) is 2.18. The average molecular weight is 214 g/mol. The zero-order chi connectivity index (χ0) is 11.3. The van der Waals surface area contributed by atoms with E-state index in [1.54, 1.807) is 0 Å². The molecule has 1 saturated heterocycles. The first kappa shape index (κ1) is 12.3. The molecule has 1 fully saturated rings. The lowest BCUT2D eigenvalue weighted by atomic mass is 10.1. The van der Waals surface area contributed by atoms with E-state index in [4.69, 9.17) is 4.74 Å². The van der Waals surface area contributed by atoms with Crippen molar-refractivity contribution in [1.82, 2.24) is 10.2 Å². The number of carbonyl (C=O) groups excluding carboxylic acids is 1. The number of amides is 2. The third-order valence-electron chi connectivity index (χ3n) is 2.54. The molecule has 0 aromatic heterocycles. The fourth-order valence-electron chi connectivity index (χ4n) is 1.80. The minimum absolute atomic E-state index is 0.0555. The van der Waals surface area contributed by atoms with E-state index >= 15 is 0 Å². The molecule has 88 valence electrons. The number of piperidine rings is 1. The van der Waals surface area contributed by atoms with Crippen molar-refractivity contribution in [2.24, 2.45) is 0 Å². The lowest BCUT2D eigenvalue weighted by Crippen LogP contribution is -2.47. The predicted octanol–water partition coefficient (Wildman–Crippen LogP) is 1.61. The van der Waals surface area contributed by atoms with Gasteiger partial charge in [-0.3, -0.25) is 0 Å². The summed E-state index contributed by atoms with van der Waals surface area (Å²) in [6.07, 6.45) is 2.26. The molecule has 0 aromatic carbocycles. The van der Waals surface area contributed by atoms with Crippen molar-refractivity contribution < 1.29 is 9.53 Å². The molecule has 1 aliphatic rings. The van der Waals surface area contributed by atoms with Crippen LogP contribution in [-0.2, 0) is 4.74 Å². The first-order valence-corrected chi connectivity index (χ1v) is 5.80. The second-order valence-corrected chi connectivity index (χ2v) is 4.25. The molecule has 0 aliphatic carbocycles. The largest absolute Gasteiger partial charge is 0.378 e. The Balaban J connectivity index is 2.27. The minimum Gasteiger partial charge on any atom is -0.378 e. The van der Waals surface area contributed by atoms with E-state index < -0.39 is 0 Å².